The summed E-state index contributed by atoms with van der Waals surface area (Å²) in [6, 6.07) is 5.70. The van der Waals surface area contributed by atoms with E-state index in [9.17, 15) is 20.1 Å². The summed E-state index contributed by atoms with van der Waals surface area (Å²) in [4.78, 5) is 21.3. The third-order valence-electron chi connectivity index (χ3n) is 2.60. The molecule has 1 amide bonds. The van der Waals surface area contributed by atoms with E-state index < -0.39 is 11.1 Å². The van der Waals surface area contributed by atoms with Crippen LogP contribution in [0.2, 0.25) is 0 Å². The van der Waals surface area contributed by atoms with E-state index in [2.05, 4.69) is 5.32 Å². The van der Waals surface area contributed by atoms with E-state index in [4.69, 9.17) is 0 Å². The predicted octanol–water partition coefficient (Wildman–Crippen LogP) is 0.804. The van der Waals surface area contributed by atoms with Crippen LogP contribution in [0.3, 0.4) is 0 Å². The van der Waals surface area contributed by atoms with E-state index in [1.807, 2.05) is 0 Å². The number of nitrogens with zero attached hydrogens (tertiary/aromatic N) is 2. The summed E-state index contributed by atoms with van der Waals surface area (Å²) in [5.41, 5.74) is 0.575. The molecule has 0 aliphatic carbocycles. The topological polar surface area (TPSA) is 95.7 Å². The van der Waals surface area contributed by atoms with Gasteiger partial charge in [0.05, 0.1) is 4.92 Å². The lowest BCUT2D eigenvalue weighted by molar-refractivity contribution is -0.384. The molecule has 0 radical (unpaired) electrons. The Labute approximate surface area is 96.8 Å². The minimum atomic E-state index is -0.642. The molecule has 17 heavy (non-hydrogen) atoms. The van der Waals surface area contributed by atoms with Crippen molar-refractivity contribution < 1.29 is 14.9 Å². The fourth-order valence-electron chi connectivity index (χ4n) is 1.70. The third-order valence-corrected chi connectivity index (χ3v) is 2.60. The molecule has 1 aromatic carbocycles. The number of amides is 1. The van der Waals surface area contributed by atoms with Gasteiger partial charge in [0.2, 0.25) is 5.91 Å². The minimum Gasteiger partial charge on any atom is -0.291 e. The molecule has 2 rings (SSSR count). The first-order valence-corrected chi connectivity index (χ1v) is 5.08. The first-order valence-electron chi connectivity index (χ1n) is 5.08. The number of nitrogens with one attached hydrogen (secondary N) is 1. The van der Waals surface area contributed by atoms with Gasteiger partial charge in [-0.2, -0.15) is 0 Å². The molecule has 1 atom stereocenters. The van der Waals surface area contributed by atoms with E-state index in [0.717, 1.165) is 0 Å². The molecule has 1 aliphatic heterocycles. The minimum absolute atomic E-state index is 0.0274. The van der Waals surface area contributed by atoms with Crippen LogP contribution in [-0.2, 0) is 4.79 Å². The molecule has 1 unspecified atom stereocenters. The van der Waals surface area contributed by atoms with Crippen LogP contribution in [0, 0.1) is 10.1 Å². The molecule has 7 heteroatoms. The third kappa shape index (κ3) is 2.24. The van der Waals surface area contributed by atoms with Crippen molar-refractivity contribution in [3.05, 3.63) is 39.9 Å². The Bertz CT molecular complexity index is 445. The number of nitro groups is 1. The lowest BCUT2D eigenvalue weighted by Crippen LogP contribution is -2.46. The van der Waals surface area contributed by atoms with Gasteiger partial charge in [0.15, 0.2) is 0 Å². The molecule has 90 valence electrons. The number of benzene rings is 1. The molecule has 2 N–H and O–H groups in total. The summed E-state index contributed by atoms with van der Waals surface area (Å²) in [5.74, 6) is -0.368. The molecule has 1 heterocycles. The standard InChI is InChI=1S/C10H11N3O4/c14-9-5-6-11-10(12(9)15)7-1-3-8(4-2-7)13(16)17/h1-4,10-11,15H,5-6H2. The van der Waals surface area contributed by atoms with Crippen molar-refractivity contribution in [2.45, 2.75) is 12.6 Å². The maximum absolute atomic E-state index is 11.3. The summed E-state index contributed by atoms with van der Waals surface area (Å²) in [7, 11) is 0. The van der Waals surface area contributed by atoms with Gasteiger partial charge in [0.1, 0.15) is 6.17 Å². The van der Waals surface area contributed by atoms with Gasteiger partial charge in [-0.1, -0.05) is 0 Å². The Hall–Kier alpha value is -1.99. The summed E-state index contributed by atoms with van der Waals surface area (Å²) < 4.78 is 0. The van der Waals surface area contributed by atoms with E-state index in [1.54, 1.807) is 0 Å². The van der Waals surface area contributed by atoms with Gasteiger partial charge in [-0.3, -0.25) is 25.4 Å². The summed E-state index contributed by atoms with van der Waals surface area (Å²) >= 11 is 0. The van der Waals surface area contributed by atoms with Crippen LogP contribution in [0.25, 0.3) is 0 Å². The molecule has 1 fully saturated rings. The lowest BCUT2D eigenvalue weighted by atomic mass is 10.1. The smallest absolute Gasteiger partial charge is 0.269 e. The molecule has 0 bridgehead atoms. The van der Waals surface area contributed by atoms with Crippen LogP contribution in [0.5, 0.6) is 0 Å². The van der Waals surface area contributed by atoms with Crippen LogP contribution in [-0.4, -0.2) is 27.6 Å². The van der Waals surface area contributed by atoms with Crippen molar-refractivity contribution in [2.75, 3.05) is 6.54 Å². The van der Waals surface area contributed by atoms with Crippen molar-refractivity contribution in [1.82, 2.24) is 10.4 Å². The van der Waals surface area contributed by atoms with Gasteiger partial charge in [-0.05, 0) is 17.7 Å². The summed E-state index contributed by atoms with van der Waals surface area (Å²) in [6.45, 7) is 0.470. The highest BCUT2D eigenvalue weighted by atomic mass is 16.6. The Morgan fingerprint density at radius 3 is 2.65 bits per heavy atom. The number of rotatable bonds is 2. The highest BCUT2D eigenvalue weighted by molar-refractivity contribution is 5.76. The van der Waals surface area contributed by atoms with Gasteiger partial charge in [-0.25, -0.2) is 5.06 Å². The van der Waals surface area contributed by atoms with Crippen molar-refractivity contribution in [2.24, 2.45) is 0 Å². The van der Waals surface area contributed by atoms with Crippen LogP contribution < -0.4 is 5.32 Å². The van der Waals surface area contributed by atoms with Gasteiger partial charge in [0.25, 0.3) is 5.69 Å². The van der Waals surface area contributed by atoms with E-state index in [1.165, 1.54) is 24.3 Å². The van der Waals surface area contributed by atoms with Crippen molar-refractivity contribution in [1.29, 1.82) is 0 Å². The fourth-order valence-corrected chi connectivity index (χ4v) is 1.70. The SMILES string of the molecule is O=C1CCNC(c2ccc([N+](=O)[O-])cc2)N1O. The summed E-state index contributed by atoms with van der Waals surface area (Å²) in [5, 5.41) is 23.6. The Morgan fingerprint density at radius 1 is 1.41 bits per heavy atom. The average Bonchev–Trinajstić information content (AvgIpc) is 2.33. The first kappa shape index (κ1) is 11.5. The van der Waals surface area contributed by atoms with Crippen LogP contribution in [0.4, 0.5) is 5.69 Å². The second-order valence-corrected chi connectivity index (χ2v) is 3.69. The maximum Gasteiger partial charge on any atom is 0.269 e. The predicted molar refractivity (Wildman–Crippen MR) is 57.1 cm³/mol. The number of carbonyl (C=O) groups is 1. The maximum atomic E-state index is 11.3. The number of hydroxylamine groups is 2. The Balaban J connectivity index is 2.22. The molecule has 7 nitrogen and oxygen atoms in total. The number of non-ortho nitro benzene ring substituents is 1. The van der Waals surface area contributed by atoms with E-state index in [-0.39, 0.29) is 18.0 Å². The number of nitro benzene ring substituents is 1. The molecule has 1 aromatic rings. The van der Waals surface area contributed by atoms with Gasteiger partial charge in [0, 0.05) is 25.1 Å². The van der Waals surface area contributed by atoms with Gasteiger partial charge >= 0.3 is 0 Å². The highest BCUT2D eigenvalue weighted by Crippen LogP contribution is 2.22. The second-order valence-electron chi connectivity index (χ2n) is 3.69. The molecule has 0 spiro atoms. The quantitative estimate of drug-likeness (QED) is 0.450. The van der Waals surface area contributed by atoms with E-state index in [0.29, 0.717) is 17.2 Å². The Kier molecular flexibility index (Phi) is 3.03. The molecule has 1 saturated heterocycles. The number of hydrogen-bond donors (Lipinski definition) is 2. The van der Waals surface area contributed by atoms with Gasteiger partial charge < -0.3 is 0 Å². The largest absolute Gasteiger partial charge is 0.291 e. The lowest BCUT2D eigenvalue weighted by Gasteiger charge is -2.31. The van der Waals surface area contributed by atoms with Crippen molar-refractivity contribution in [3.8, 4) is 0 Å². The van der Waals surface area contributed by atoms with Crippen LogP contribution in [0.15, 0.2) is 24.3 Å². The van der Waals surface area contributed by atoms with Gasteiger partial charge in [-0.15, -0.1) is 0 Å². The highest BCUT2D eigenvalue weighted by Gasteiger charge is 2.27. The van der Waals surface area contributed by atoms with E-state index >= 15 is 0 Å². The second kappa shape index (κ2) is 4.48. The molecular formula is C10H11N3O4. The summed E-state index contributed by atoms with van der Waals surface area (Å²) in [6.07, 6.45) is -0.406. The van der Waals surface area contributed by atoms with Crippen LogP contribution >= 0.6 is 0 Å². The monoisotopic (exact) mass is 237 g/mol. The molecule has 0 aromatic heterocycles. The zero-order valence-corrected chi connectivity index (χ0v) is 8.87. The Morgan fingerprint density at radius 2 is 2.06 bits per heavy atom. The average molecular weight is 237 g/mol. The number of carbonyl (C=O) groups excluding carboxylic acids is 1. The molecule has 0 saturated carbocycles. The van der Waals surface area contributed by atoms with Crippen LogP contribution in [0.1, 0.15) is 18.2 Å². The molecule has 1 aliphatic rings. The zero-order chi connectivity index (χ0) is 12.4. The fraction of sp³-hybridized carbons (Fsp3) is 0.300. The van der Waals surface area contributed by atoms with Crippen molar-refractivity contribution in [3.63, 3.8) is 0 Å². The first-order chi connectivity index (χ1) is 8.09. The zero-order valence-electron chi connectivity index (χ0n) is 8.87. The normalized spacial score (nSPS) is 20.4. The molecular weight excluding hydrogens is 226 g/mol. The van der Waals surface area contributed by atoms with Crippen molar-refractivity contribution >= 4 is 11.6 Å². The number of hydrogen-bond acceptors (Lipinski definition) is 5.